The number of nitrogens with one attached hydrogen (secondary N) is 2. The van der Waals surface area contributed by atoms with E-state index in [1.807, 2.05) is 31.2 Å². The first kappa shape index (κ1) is 21.9. The van der Waals surface area contributed by atoms with E-state index in [1.165, 1.54) is 31.4 Å². The monoisotopic (exact) mass is 488 g/mol. The molecule has 156 valence electrons. The second kappa shape index (κ2) is 9.32. The Morgan fingerprint density at radius 2 is 1.70 bits per heavy atom. The Morgan fingerprint density at radius 3 is 2.37 bits per heavy atom. The van der Waals surface area contributed by atoms with E-state index in [2.05, 4.69) is 26.0 Å². The van der Waals surface area contributed by atoms with Crippen LogP contribution in [0.25, 0.3) is 0 Å². The second-order valence-corrected chi connectivity index (χ2v) is 9.18. The van der Waals surface area contributed by atoms with Gasteiger partial charge in [0.2, 0.25) is 0 Å². The van der Waals surface area contributed by atoms with Gasteiger partial charge in [0.15, 0.2) is 0 Å². The quantitative estimate of drug-likeness (QED) is 0.502. The van der Waals surface area contributed by atoms with Gasteiger partial charge < -0.3 is 10.1 Å². The molecule has 0 fully saturated rings. The number of methoxy groups -OCH3 is 1. The first-order valence-electron chi connectivity index (χ1n) is 9.12. The highest BCUT2D eigenvalue weighted by Gasteiger charge is 2.18. The van der Waals surface area contributed by atoms with Gasteiger partial charge in [0.1, 0.15) is 5.75 Å². The van der Waals surface area contributed by atoms with Crippen molar-refractivity contribution in [1.82, 2.24) is 5.32 Å². The SMILES string of the molecule is COc1ccccc1NS(=O)(=O)c1ccc(C(=O)NC(C)c2cccc(Br)c2)cc1. The third-order valence-electron chi connectivity index (χ3n) is 4.47. The zero-order chi connectivity index (χ0) is 21.7. The lowest BCUT2D eigenvalue weighted by atomic mass is 10.1. The summed E-state index contributed by atoms with van der Waals surface area (Å²) >= 11 is 3.42. The lowest BCUT2D eigenvalue weighted by molar-refractivity contribution is 0.0939. The molecule has 0 bridgehead atoms. The summed E-state index contributed by atoms with van der Waals surface area (Å²) in [5.74, 6) is 0.128. The predicted octanol–water partition coefficient (Wildman–Crippen LogP) is 4.75. The summed E-state index contributed by atoms with van der Waals surface area (Å²) in [7, 11) is -2.36. The summed E-state index contributed by atoms with van der Waals surface area (Å²) in [4.78, 5) is 12.6. The fraction of sp³-hybridized carbons (Fsp3) is 0.136. The fourth-order valence-electron chi connectivity index (χ4n) is 2.86. The van der Waals surface area contributed by atoms with E-state index in [4.69, 9.17) is 4.74 Å². The van der Waals surface area contributed by atoms with Gasteiger partial charge in [-0.05, 0) is 61.0 Å². The van der Waals surface area contributed by atoms with Crippen LogP contribution in [0.2, 0.25) is 0 Å². The Morgan fingerprint density at radius 1 is 1.00 bits per heavy atom. The van der Waals surface area contributed by atoms with Crippen molar-refractivity contribution in [3.63, 3.8) is 0 Å². The third kappa shape index (κ3) is 5.20. The number of carbonyl (C=O) groups excluding carboxylic acids is 1. The molecule has 2 N–H and O–H groups in total. The molecule has 3 aromatic carbocycles. The van der Waals surface area contributed by atoms with Crippen molar-refractivity contribution in [3.8, 4) is 5.75 Å². The molecule has 3 aromatic rings. The molecule has 0 aliphatic rings. The molecule has 3 rings (SSSR count). The Kier molecular flexibility index (Phi) is 6.79. The van der Waals surface area contributed by atoms with E-state index < -0.39 is 10.0 Å². The van der Waals surface area contributed by atoms with E-state index >= 15 is 0 Å². The van der Waals surface area contributed by atoms with Crippen molar-refractivity contribution in [3.05, 3.63) is 88.4 Å². The molecule has 1 atom stereocenters. The number of carbonyl (C=O) groups is 1. The number of anilines is 1. The summed E-state index contributed by atoms with van der Waals surface area (Å²) < 4.78 is 34.0. The maximum Gasteiger partial charge on any atom is 0.262 e. The number of sulfonamides is 1. The molecule has 0 heterocycles. The van der Waals surface area contributed by atoms with Gasteiger partial charge >= 0.3 is 0 Å². The highest BCUT2D eigenvalue weighted by molar-refractivity contribution is 9.10. The van der Waals surface area contributed by atoms with Crippen LogP contribution in [-0.2, 0) is 10.0 Å². The smallest absolute Gasteiger partial charge is 0.262 e. The van der Waals surface area contributed by atoms with Crippen LogP contribution >= 0.6 is 15.9 Å². The molecule has 1 amide bonds. The van der Waals surface area contributed by atoms with Crippen LogP contribution in [0.5, 0.6) is 5.75 Å². The highest BCUT2D eigenvalue weighted by atomic mass is 79.9. The summed E-state index contributed by atoms with van der Waals surface area (Å²) in [6.07, 6.45) is 0. The standard InChI is InChI=1S/C22H21BrN2O4S/c1-15(17-6-5-7-18(23)14-17)24-22(26)16-10-12-19(13-11-16)30(27,28)25-20-8-3-4-9-21(20)29-2/h3-15,25H,1-2H3,(H,24,26). The molecular weight excluding hydrogens is 468 g/mol. The minimum Gasteiger partial charge on any atom is -0.495 e. The molecule has 6 nitrogen and oxygen atoms in total. The van der Waals surface area contributed by atoms with Crippen LogP contribution in [-0.4, -0.2) is 21.4 Å². The first-order valence-corrected chi connectivity index (χ1v) is 11.4. The second-order valence-electron chi connectivity index (χ2n) is 6.58. The largest absolute Gasteiger partial charge is 0.495 e. The number of benzene rings is 3. The summed E-state index contributed by atoms with van der Waals surface area (Å²) in [6, 6.07) is 20.0. The molecule has 0 saturated heterocycles. The molecule has 0 aliphatic heterocycles. The van der Waals surface area contributed by atoms with Gasteiger partial charge in [0, 0.05) is 10.0 Å². The zero-order valence-corrected chi connectivity index (χ0v) is 18.8. The molecule has 1 unspecified atom stereocenters. The van der Waals surface area contributed by atoms with Gasteiger partial charge in [-0.15, -0.1) is 0 Å². The molecule has 0 radical (unpaired) electrons. The number of para-hydroxylation sites is 2. The van der Waals surface area contributed by atoms with Crippen molar-refractivity contribution >= 4 is 37.5 Å². The van der Waals surface area contributed by atoms with Gasteiger partial charge in [-0.25, -0.2) is 8.42 Å². The van der Waals surface area contributed by atoms with E-state index in [1.54, 1.807) is 24.3 Å². The van der Waals surface area contributed by atoms with E-state index in [0.717, 1.165) is 10.0 Å². The van der Waals surface area contributed by atoms with Crippen molar-refractivity contribution in [1.29, 1.82) is 0 Å². The van der Waals surface area contributed by atoms with Crippen LogP contribution < -0.4 is 14.8 Å². The highest BCUT2D eigenvalue weighted by Crippen LogP contribution is 2.26. The maximum absolute atomic E-state index is 12.7. The van der Waals surface area contributed by atoms with E-state index in [-0.39, 0.29) is 16.8 Å². The number of hydrogen-bond acceptors (Lipinski definition) is 4. The Hall–Kier alpha value is -2.84. The molecule has 0 aliphatic carbocycles. The number of rotatable bonds is 7. The molecule has 8 heteroatoms. The zero-order valence-electron chi connectivity index (χ0n) is 16.4. The minimum absolute atomic E-state index is 0.0463. The molecule has 0 aromatic heterocycles. The van der Waals surface area contributed by atoms with E-state index in [0.29, 0.717) is 17.0 Å². The van der Waals surface area contributed by atoms with Gasteiger partial charge in [0.25, 0.3) is 15.9 Å². The summed E-state index contributed by atoms with van der Waals surface area (Å²) in [5, 5.41) is 2.91. The van der Waals surface area contributed by atoms with Crippen LogP contribution in [0.4, 0.5) is 5.69 Å². The summed E-state index contributed by atoms with van der Waals surface area (Å²) in [5.41, 5.74) is 1.66. The lowest BCUT2D eigenvalue weighted by Crippen LogP contribution is -2.26. The van der Waals surface area contributed by atoms with Crippen LogP contribution in [0.3, 0.4) is 0 Å². The molecule has 0 saturated carbocycles. The molecular formula is C22H21BrN2O4S. The molecule has 0 spiro atoms. The Labute approximate surface area is 184 Å². The van der Waals surface area contributed by atoms with Gasteiger partial charge in [0.05, 0.1) is 23.7 Å². The number of amides is 1. The van der Waals surface area contributed by atoms with Crippen LogP contribution in [0, 0.1) is 0 Å². The third-order valence-corrected chi connectivity index (χ3v) is 6.35. The van der Waals surface area contributed by atoms with Gasteiger partial charge in [-0.2, -0.15) is 0 Å². The normalized spacial score (nSPS) is 12.1. The van der Waals surface area contributed by atoms with Crippen molar-refractivity contribution in [2.75, 3.05) is 11.8 Å². The van der Waals surface area contributed by atoms with Gasteiger partial charge in [-0.1, -0.05) is 40.2 Å². The number of halogens is 1. The molecule has 30 heavy (non-hydrogen) atoms. The maximum atomic E-state index is 12.7. The average Bonchev–Trinajstić information content (AvgIpc) is 2.74. The van der Waals surface area contributed by atoms with E-state index in [9.17, 15) is 13.2 Å². The van der Waals surface area contributed by atoms with Crippen LogP contribution in [0.15, 0.2) is 82.2 Å². The topological polar surface area (TPSA) is 84.5 Å². The fourth-order valence-corrected chi connectivity index (χ4v) is 4.34. The average molecular weight is 489 g/mol. The van der Waals surface area contributed by atoms with Crippen LogP contribution in [0.1, 0.15) is 28.9 Å². The summed E-state index contributed by atoms with van der Waals surface area (Å²) in [6.45, 7) is 1.88. The van der Waals surface area contributed by atoms with Crippen molar-refractivity contribution in [2.45, 2.75) is 17.9 Å². The van der Waals surface area contributed by atoms with Crippen molar-refractivity contribution < 1.29 is 17.9 Å². The first-order chi connectivity index (χ1) is 14.3. The van der Waals surface area contributed by atoms with Crippen molar-refractivity contribution in [2.24, 2.45) is 0 Å². The number of ether oxygens (including phenoxy) is 1. The van der Waals surface area contributed by atoms with Gasteiger partial charge in [-0.3, -0.25) is 9.52 Å². The number of hydrogen-bond donors (Lipinski definition) is 2. The minimum atomic E-state index is -3.83. The lowest BCUT2D eigenvalue weighted by Gasteiger charge is -2.15. The predicted molar refractivity (Wildman–Crippen MR) is 120 cm³/mol. The Bertz CT molecular complexity index is 1150. The Balaban J connectivity index is 1.72.